The van der Waals surface area contributed by atoms with Crippen molar-refractivity contribution in [1.29, 1.82) is 0 Å². The third-order valence-electron chi connectivity index (χ3n) is 3.35. The monoisotopic (exact) mass is 343 g/mol. The van der Waals surface area contributed by atoms with Crippen molar-refractivity contribution in [1.82, 2.24) is 10.2 Å². The summed E-state index contributed by atoms with van der Waals surface area (Å²) in [6, 6.07) is 10.9. The van der Waals surface area contributed by atoms with E-state index in [2.05, 4.69) is 15.5 Å². The number of hydrogen-bond acceptors (Lipinski definition) is 6. The SMILES string of the molecule is O=C(Nc1nnc(-c2ccc3c(c2)OCO3)s1)c1cccc(F)c1. The van der Waals surface area contributed by atoms with E-state index < -0.39 is 11.7 Å². The van der Waals surface area contributed by atoms with Crippen molar-refractivity contribution < 1.29 is 18.7 Å². The average Bonchev–Trinajstić information content (AvgIpc) is 3.23. The van der Waals surface area contributed by atoms with E-state index in [4.69, 9.17) is 9.47 Å². The molecule has 3 aromatic rings. The fourth-order valence-electron chi connectivity index (χ4n) is 2.22. The number of carbonyl (C=O) groups is 1. The number of rotatable bonds is 3. The number of fused-ring (bicyclic) bond motifs is 1. The molecule has 1 aliphatic heterocycles. The Morgan fingerprint density at radius 2 is 2.00 bits per heavy atom. The van der Waals surface area contributed by atoms with Crippen molar-refractivity contribution in [3.05, 3.63) is 53.8 Å². The fraction of sp³-hybridized carbons (Fsp3) is 0.0625. The normalized spacial score (nSPS) is 12.2. The van der Waals surface area contributed by atoms with Gasteiger partial charge in [0, 0.05) is 11.1 Å². The molecule has 0 radical (unpaired) electrons. The summed E-state index contributed by atoms with van der Waals surface area (Å²) < 4.78 is 23.8. The van der Waals surface area contributed by atoms with Crippen LogP contribution in [0.5, 0.6) is 11.5 Å². The summed E-state index contributed by atoms with van der Waals surface area (Å²) in [5.74, 6) is 0.416. The first-order chi connectivity index (χ1) is 11.7. The number of benzene rings is 2. The van der Waals surface area contributed by atoms with Gasteiger partial charge in [-0.15, -0.1) is 10.2 Å². The second kappa shape index (κ2) is 5.89. The number of anilines is 1. The van der Waals surface area contributed by atoms with Crippen molar-refractivity contribution in [2.75, 3.05) is 12.1 Å². The molecule has 0 saturated carbocycles. The summed E-state index contributed by atoms with van der Waals surface area (Å²) in [5, 5.41) is 11.6. The lowest BCUT2D eigenvalue weighted by Gasteiger charge is -2.01. The van der Waals surface area contributed by atoms with Gasteiger partial charge in [-0.1, -0.05) is 17.4 Å². The lowest BCUT2D eigenvalue weighted by atomic mass is 10.2. The van der Waals surface area contributed by atoms with Gasteiger partial charge in [0.1, 0.15) is 10.8 Å². The van der Waals surface area contributed by atoms with Crippen LogP contribution in [0.4, 0.5) is 9.52 Å². The van der Waals surface area contributed by atoms with E-state index >= 15 is 0 Å². The second-order valence-corrected chi connectivity index (χ2v) is 5.92. The third kappa shape index (κ3) is 2.79. The molecule has 24 heavy (non-hydrogen) atoms. The standard InChI is InChI=1S/C16H10FN3O3S/c17-11-3-1-2-9(6-11)14(21)18-16-20-19-15(24-16)10-4-5-12-13(7-10)23-8-22-12/h1-7H,8H2,(H,18,20,21). The van der Waals surface area contributed by atoms with Gasteiger partial charge in [0.05, 0.1) is 0 Å². The number of nitrogens with zero attached hydrogens (tertiary/aromatic N) is 2. The minimum Gasteiger partial charge on any atom is -0.454 e. The fourth-order valence-corrected chi connectivity index (χ4v) is 2.95. The van der Waals surface area contributed by atoms with Crippen molar-refractivity contribution in [2.24, 2.45) is 0 Å². The molecule has 0 bridgehead atoms. The van der Waals surface area contributed by atoms with E-state index in [0.29, 0.717) is 21.6 Å². The number of amides is 1. The predicted molar refractivity (Wildman–Crippen MR) is 85.8 cm³/mol. The maximum Gasteiger partial charge on any atom is 0.257 e. The number of ether oxygens (including phenoxy) is 2. The molecule has 4 rings (SSSR count). The Kier molecular flexibility index (Phi) is 3.58. The van der Waals surface area contributed by atoms with E-state index in [0.717, 1.165) is 11.6 Å². The summed E-state index contributed by atoms with van der Waals surface area (Å²) in [6.07, 6.45) is 0. The van der Waals surface area contributed by atoms with Crippen LogP contribution < -0.4 is 14.8 Å². The average molecular weight is 343 g/mol. The number of halogens is 1. The van der Waals surface area contributed by atoms with Crippen LogP contribution >= 0.6 is 11.3 Å². The van der Waals surface area contributed by atoms with E-state index in [1.54, 1.807) is 12.1 Å². The van der Waals surface area contributed by atoms with Crippen molar-refractivity contribution in [2.45, 2.75) is 0 Å². The van der Waals surface area contributed by atoms with Gasteiger partial charge in [-0.25, -0.2) is 4.39 Å². The summed E-state index contributed by atoms with van der Waals surface area (Å²) in [7, 11) is 0. The highest BCUT2D eigenvalue weighted by Crippen LogP contribution is 2.37. The van der Waals surface area contributed by atoms with E-state index in [9.17, 15) is 9.18 Å². The lowest BCUT2D eigenvalue weighted by Crippen LogP contribution is -2.11. The topological polar surface area (TPSA) is 73.3 Å². The summed E-state index contributed by atoms with van der Waals surface area (Å²) >= 11 is 1.21. The van der Waals surface area contributed by atoms with Gasteiger partial charge in [-0.05, 0) is 36.4 Å². The first-order valence-electron chi connectivity index (χ1n) is 6.99. The van der Waals surface area contributed by atoms with Crippen molar-refractivity contribution in [3.63, 3.8) is 0 Å². The van der Waals surface area contributed by atoms with Gasteiger partial charge >= 0.3 is 0 Å². The van der Waals surface area contributed by atoms with Crippen LogP contribution in [0.3, 0.4) is 0 Å². The zero-order chi connectivity index (χ0) is 16.5. The zero-order valence-electron chi connectivity index (χ0n) is 12.2. The predicted octanol–water partition coefficient (Wildman–Crippen LogP) is 3.33. The maximum absolute atomic E-state index is 13.2. The third-order valence-corrected chi connectivity index (χ3v) is 4.24. The minimum atomic E-state index is -0.471. The molecule has 0 atom stereocenters. The molecule has 1 aliphatic rings. The molecule has 120 valence electrons. The second-order valence-electron chi connectivity index (χ2n) is 4.94. The highest BCUT2D eigenvalue weighted by molar-refractivity contribution is 7.18. The molecule has 1 amide bonds. The lowest BCUT2D eigenvalue weighted by molar-refractivity contribution is 0.102. The molecule has 1 aromatic heterocycles. The van der Waals surface area contributed by atoms with Crippen LogP contribution in [0.25, 0.3) is 10.6 Å². The van der Waals surface area contributed by atoms with Gasteiger partial charge in [-0.3, -0.25) is 10.1 Å². The summed E-state index contributed by atoms with van der Waals surface area (Å²) in [6.45, 7) is 0.198. The van der Waals surface area contributed by atoms with Crippen molar-refractivity contribution >= 4 is 22.4 Å². The Bertz CT molecular complexity index is 928. The highest BCUT2D eigenvalue weighted by atomic mass is 32.1. The molecule has 2 aromatic carbocycles. The van der Waals surface area contributed by atoms with Crippen LogP contribution in [0.15, 0.2) is 42.5 Å². The molecule has 6 nitrogen and oxygen atoms in total. The highest BCUT2D eigenvalue weighted by Gasteiger charge is 2.16. The zero-order valence-corrected chi connectivity index (χ0v) is 13.0. The smallest absolute Gasteiger partial charge is 0.257 e. The Hall–Kier alpha value is -3.00. The molecule has 0 spiro atoms. The molecule has 2 heterocycles. The molecule has 8 heteroatoms. The van der Waals surface area contributed by atoms with Crippen molar-refractivity contribution in [3.8, 4) is 22.1 Å². The van der Waals surface area contributed by atoms with Crippen LogP contribution in [-0.4, -0.2) is 22.9 Å². The first kappa shape index (κ1) is 14.6. The summed E-state index contributed by atoms with van der Waals surface area (Å²) in [5.41, 5.74) is 1.03. The molecular weight excluding hydrogens is 333 g/mol. The van der Waals surface area contributed by atoms with Gasteiger partial charge in [0.15, 0.2) is 11.5 Å². The Morgan fingerprint density at radius 3 is 2.88 bits per heavy atom. The molecular formula is C16H10FN3O3S. The molecule has 0 aliphatic carbocycles. The first-order valence-corrected chi connectivity index (χ1v) is 7.81. The number of aromatic nitrogens is 2. The largest absolute Gasteiger partial charge is 0.454 e. The van der Waals surface area contributed by atoms with Gasteiger partial charge < -0.3 is 9.47 Å². The molecule has 0 unspecified atom stereocenters. The quantitative estimate of drug-likeness (QED) is 0.790. The molecule has 1 N–H and O–H groups in total. The van der Waals surface area contributed by atoms with Gasteiger partial charge in [0.25, 0.3) is 5.91 Å². The summed E-state index contributed by atoms with van der Waals surface area (Å²) in [4.78, 5) is 12.1. The van der Waals surface area contributed by atoms with Crippen LogP contribution in [-0.2, 0) is 0 Å². The number of carbonyl (C=O) groups excluding carboxylic acids is 1. The van der Waals surface area contributed by atoms with E-state index in [1.165, 1.54) is 29.5 Å². The van der Waals surface area contributed by atoms with Gasteiger partial charge in [-0.2, -0.15) is 0 Å². The Labute approximate surface area is 139 Å². The van der Waals surface area contributed by atoms with E-state index in [1.807, 2.05) is 6.07 Å². The molecule has 0 fully saturated rings. The number of hydrogen-bond donors (Lipinski definition) is 1. The van der Waals surface area contributed by atoms with Crippen LogP contribution in [0, 0.1) is 5.82 Å². The molecule has 0 saturated heterocycles. The minimum absolute atomic E-state index is 0.198. The number of nitrogens with one attached hydrogen (secondary N) is 1. The maximum atomic E-state index is 13.2. The Balaban J connectivity index is 1.53. The Morgan fingerprint density at radius 1 is 1.12 bits per heavy atom. The van der Waals surface area contributed by atoms with Crippen LogP contribution in [0.1, 0.15) is 10.4 Å². The van der Waals surface area contributed by atoms with Crippen LogP contribution in [0.2, 0.25) is 0 Å². The van der Waals surface area contributed by atoms with Gasteiger partial charge in [0.2, 0.25) is 11.9 Å². The van der Waals surface area contributed by atoms with E-state index in [-0.39, 0.29) is 12.4 Å².